The minimum absolute atomic E-state index is 0. The van der Waals surface area contributed by atoms with Crippen molar-refractivity contribution >= 4 is 36.4 Å². The lowest BCUT2D eigenvalue weighted by molar-refractivity contribution is -0.125. The SMILES string of the molecule is CC1Cc2ccccc2N1CCNC(=O)C(C)(C)N.Cl.Cl. The quantitative estimate of drug-likeness (QED) is 0.887. The number of nitrogens with zero attached hydrogens (tertiary/aromatic N) is 1. The summed E-state index contributed by atoms with van der Waals surface area (Å²) in [6.07, 6.45) is 1.08. The van der Waals surface area contributed by atoms with Crippen LogP contribution in [0.3, 0.4) is 0 Å². The normalized spacial score (nSPS) is 16.6. The first-order valence-electron chi connectivity index (χ1n) is 6.81. The van der Waals surface area contributed by atoms with Crippen LogP contribution in [0, 0.1) is 0 Å². The van der Waals surface area contributed by atoms with Gasteiger partial charge in [0.05, 0.1) is 5.54 Å². The summed E-state index contributed by atoms with van der Waals surface area (Å²) in [5.74, 6) is -0.104. The van der Waals surface area contributed by atoms with Crippen molar-refractivity contribution in [3.05, 3.63) is 29.8 Å². The molecule has 1 aliphatic rings. The fourth-order valence-electron chi connectivity index (χ4n) is 2.49. The number of hydrogen-bond donors (Lipinski definition) is 2. The van der Waals surface area contributed by atoms with E-state index in [9.17, 15) is 4.79 Å². The van der Waals surface area contributed by atoms with Crippen LogP contribution in [0.5, 0.6) is 0 Å². The minimum Gasteiger partial charge on any atom is -0.367 e. The molecule has 21 heavy (non-hydrogen) atoms. The smallest absolute Gasteiger partial charge is 0.239 e. The average molecular weight is 334 g/mol. The van der Waals surface area contributed by atoms with Crippen LogP contribution in [0.4, 0.5) is 5.69 Å². The van der Waals surface area contributed by atoms with Crippen molar-refractivity contribution in [1.82, 2.24) is 5.32 Å². The molecule has 6 heteroatoms. The van der Waals surface area contributed by atoms with E-state index in [4.69, 9.17) is 5.73 Å². The Hall–Kier alpha value is -0.970. The molecule has 2 rings (SSSR count). The second kappa shape index (κ2) is 7.87. The standard InChI is InChI=1S/C15H23N3O.2ClH/c1-11-10-12-6-4-5-7-13(12)18(11)9-8-17-14(19)15(2,3)16;;/h4-7,11H,8-10,16H2,1-3H3,(H,17,19);2*1H. The van der Waals surface area contributed by atoms with Crippen LogP contribution in [0.2, 0.25) is 0 Å². The van der Waals surface area contributed by atoms with Crippen molar-refractivity contribution in [2.24, 2.45) is 5.73 Å². The molecule has 0 saturated heterocycles. The molecule has 0 aliphatic carbocycles. The second-order valence-electron chi connectivity index (χ2n) is 5.85. The van der Waals surface area contributed by atoms with Crippen LogP contribution >= 0.6 is 24.8 Å². The van der Waals surface area contributed by atoms with Crippen LogP contribution in [0.1, 0.15) is 26.3 Å². The minimum atomic E-state index is -0.811. The Morgan fingerprint density at radius 2 is 2.00 bits per heavy atom. The Kier molecular flexibility index (Phi) is 7.51. The van der Waals surface area contributed by atoms with E-state index < -0.39 is 5.54 Å². The van der Waals surface area contributed by atoms with E-state index in [1.165, 1.54) is 11.3 Å². The molecular weight excluding hydrogens is 309 g/mol. The topological polar surface area (TPSA) is 58.4 Å². The van der Waals surface area contributed by atoms with Gasteiger partial charge in [0.2, 0.25) is 5.91 Å². The average Bonchev–Trinajstić information content (AvgIpc) is 2.64. The molecule has 4 nitrogen and oxygen atoms in total. The van der Waals surface area contributed by atoms with Gasteiger partial charge in [-0.15, -0.1) is 24.8 Å². The number of amides is 1. The Balaban J connectivity index is 0.00000200. The van der Waals surface area contributed by atoms with E-state index in [1.54, 1.807) is 13.8 Å². The first kappa shape index (κ1) is 20.0. The third kappa shape index (κ3) is 4.77. The molecule has 0 fully saturated rings. The zero-order chi connectivity index (χ0) is 14.0. The van der Waals surface area contributed by atoms with E-state index >= 15 is 0 Å². The summed E-state index contributed by atoms with van der Waals surface area (Å²) in [4.78, 5) is 14.1. The zero-order valence-corrected chi connectivity index (χ0v) is 14.4. The number of rotatable bonds is 4. The molecule has 1 amide bonds. The van der Waals surface area contributed by atoms with Crippen LogP contribution in [-0.4, -0.2) is 30.6 Å². The van der Waals surface area contributed by atoms with Crippen molar-refractivity contribution in [2.75, 3.05) is 18.0 Å². The summed E-state index contributed by atoms with van der Waals surface area (Å²) in [6, 6.07) is 8.94. The number of nitrogens with one attached hydrogen (secondary N) is 1. The number of anilines is 1. The van der Waals surface area contributed by atoms with Gasteiger partial charge < -0.3 is 16.0 Å². The highest BCUT2D eigenvalue weighted by Gasteiger charge is 2.26. The molecule has 1 atom stereocenters. The zero-order valence-electron chi connectivity index (χ0n) is 12.8. The lowest BCUT2D eigenvalue weighted by atomic mass is 10.1. The fourth-order valence-corrected chi connectivity index (χ4v) is 2.49. The van der Waals surface area contributed by atoms with Crippen LogP contribution in [-0.2, 0) is 11.2 Å². The van der Waals surface area contributed by atoms with Gasteiger partial charge in [-0.25, -0.2) is 0 Å². The number of carbonyl (C=O) groups excluding carboxylic acids is 1. The first-order valence-corrected chi connectivity index (χ1v) is 6.81. The molecule has 0 spiro atoms. The van der Waals surface area contributed by atoms with Gasteiger partial charge in [0.1, 0.15) is 0 Å². The number of nitrogens with two attached hydrogens (primary N) is 1. The number of carbonyl (C=O) groups is 1. The molecule has 1 aromatic rings. The van der Waals surface area contributed by atoms with Gasteiger partial charge in [-0.1, -0.05) is 18.2 Å². The molecule has 3 N–H and O–H groups in total. The predicted octanol–water partition coefficient (Wildman–Crippen LogP) is 2.13. The van der Waals surface area contributed by atoms with Crippen molar-refractivity contribution in [3.63, 3.8) is 0 Å². The Bertz CT molecular complexity index is 474. The van der Waals surface area contributed by atoms with Gasteiger partial charge in [-0.05, 0) is 38.8 Å². The summed E-state index contributed by atoms with van der Waals surface area (Å²) >= 11 is 0. The van der Waals surface area contributed by atoms with Crippen molar-refractivity contribution in [2.45, 2.75) is 38.8 Å². The van der Waals surface area contributed by atoms with Crippen molar-refractivity contribution < 1.29 is 4.79 Å². The summed E-state index contributed by atoms with van der Waals surface area (Å²) < 4.78 is 0. The number of fused-ring (bicyclic) bond motifs is 1. The fraction of sp³-hybridized carbons (Fsp3) is 0.533. The van der Waals surface area contributed by atoms with Crippen LogP contribution < -0.4 is 16.0 Å². The first-order chi connectivity index (χ1) is 8.89. The lowest BCUT2D eigenvalue weighted by Crippen LogP contribution is -2.50. The van der Waals surface area contributed by atoms with Crippen LogP contribution in [0.15, 0.2) is 24.3 Å². The molecule has 1 unspecified atom stereocenters. The number of benzene rings is 1. The van der Waals surface area contributed by atoms with E-state index in [0.717, 1.165) is 13.0 Å². The van der Waals surface area contributed by atoms with Crippen molar-refractivity contribution in [1.29, 1.82) is 0 Å². The summed E-state index contributed by atoms with van der Waals surface area (Å²) in [6.45, 7) is 7.10. The number of hydrogen-bond acceptors (Lipinski definition) is 3. The largest absolute Gasteiger partial charge is 0.367 e. The predicted molar refractivity (Wildman–Crippen MR) is 92.7 cm³/mol. The molecule has 0 radical (unpaired) electrons. The van der Waals surface area contributed by atoms with Gasteiger partial charge in [0.15, 0.2) is 0 Å². The Labute approximate surface area is 139 Å². The maximum Gasteiger partial charge on any atom is 0.239 e. The molecule has 0 saturated carbocycles. The van der Waals surface area contributed by atoms with Gasteiger partial charge in [0, 0.05) is 24.8 Å². The second-order valence-corrected chi connectivity index (χ2v) is 5.85. The number of para-hydroxylation sites is 1. The highest BCUT2D eigenvalue weighted by molar-refractivity contribution is 5.86. The lowest BCUT2D eigenvalue weighted by Gasteiger charge is -2.26. The van der Waals surface area contributed by atoms with Gasteiger partial charge in [0.25, 0.3) is 0 Å². The molecule has 1 heterocycles. The Morgan fingerprint density at radius 1 is 1.38 bits per heavy atom. The molecule has 0 bridgehead atoms. The molecule has 120 valence electrons. The van der Waals surface area contributed by atoms with E-state index in [2.05, 4.69) is 41.4 Å². The third-order valence-electron chi connectivity index (χ3n) is 3.57. The maximum absolute atomic E-state index is 11.7. The summed E-state index contributed by atoms with van der Waals surface area (Å²) in [5, 5.41) is 2.90. The molecule has 1 aliphatic heterocycles. The third-order valence-corrected chi connectivity index (χ3v) is 3.57. The molecular formula is C15H25Cl2N3O. The molecule has 1 aromatic carbocycles. The maximum atomic E-state index is 11.7. The van der Waals surface area contributed by atoms with E-state index in [-0.39, 0.29) is 30.7 Å². The van der Waals surface area contributed by atoms with Gasteiger partial charge in [-0.2, -0.15) is 0 Å². The number of halogens is 2. The molecule has 0 aromatic heterocycles. The summed E-state index contributed by atoms with van der Waals surface area (Å²) in [7, 11) is 0. The van der Waals surface area contributed by atoms with Gasteiger partial charge in [-0.3, -0.25) is 4.79 Å². The Morgan fingerprint density at radius 3 is 2.62 bits per heavy atom. The highest BCUT2D eigenvalue weighted by Crippen LogP contribution is 2.31. The van der Waals surface area contributed by atoms with Crippen LogP contribution in [0.25, 0.3) is 0 Å². The van der Waals surface area contributed by atoms with Gasteiger partial charge >= 0.3 is 0 Å². The highest BCUT2D eigenvalue weighted by atomic mass is 35.5. The van der Waals surface area contributed by atoms with E-state index in [0.29, 0.717) is 12.6 Å². The van der Waals surface area contributed by atoms with E-state index in [1.807, 2.05) is 0 Å². The van der Waals surface area contributed by atoms with Crippen molar-refractivity contribution in [3.8, 4) is 0 Å². The monoisotopic (exact) mass is 333 g/mol. The summed E-state index contributed by atoms with van der Waals surface area (Å²) in [5.41, 5.74) is 7.62.